The van der Waals surface area contributed by atoms with Crippen molar-refractivity contribution in [3.8, 4) is 0 Å². The summed E-state index contributed by atoms with van der Waals surface area (Å²) in [7, 11) is 0. The highest BCUT2D eigenvalue weighted by molar-refractivity contribution is 8.01. The molecule has 0 aromatic rings. The van der Waals surface area contributed by atoms with E-state index in [0.29, 0.717) is 13.0 Å². The van der Waals surface area contributed by atoms with Crippen molar-refractivity contribution in [1.82, 2.24) is 4.90 Å². The van der Waals surface area contributed by atoms with E-state index < -0.39 is 5.97 Å². The Hall–Kier alpha value is -0.710. The zero-order valence-electron chi connectivity index (χ0n) is 10.1. The van der Waals surface area contributed by atoms with Crippen LogP contribution in [0, 0.1) is 5.92 Å². The van der Waals surface area contributed by atoms with Gasteiger partial charge in [0.25, 0.3) is 0 Å². The Morgan fingerprint density at radius 2 is 2.18 bits per heavy atom. The molecule has 2 aliphatic rings. The molecule has 2 fully saturated rings. The lowest BCUT2D eigenvalue weighted by Gasteiger charge is -2.35. The Balaban J connectivity index is 2.01. The number of hydrogen-bond donors (Lipinski definition) is 1. The SMILES string of the molecule is CC1(C(=O)N2CCCC(C(=O)O)C2)CCCS1. The first-order valence-electron chi connectivity index (χ1n) is 6.19. The molecule has 2 unspecified atom stereocenters. The van der Waals surface area contributed by atoms with Crippen molar-refractivity contribution in [1.29, 1.82) is 0 Å². The number of aliphatic carboxylic acids is 1. The van der Waals surface area contributed by atoms with Gasteiger partial charge in [0, 0.05) is 13.1 Å². The molecule has 1 amide bonds. The number of carboxylic acids is 1. The smallest absolute Gasteiger partial charge is 0.308 e. The summed E-state index contributed by atoms with van der Waals surface area (Å²) in [6.45, 7) is 3.11. The molecule has 17 heavy (non-hydrogen) atoms. The lowest BCUT2D eigenvalue weighted by molar-refractivity contribution is -0.146. The minimum absolute atomic E-state index is 0.144. The number of rotatable bonds is 2. The van der Waals surface area contributed by atoms with Crippen LogP contribution in [0.15, 0.2) is 0 Å². The molecule has 0 radical (unpaired) electrons. The minimum Gasteiger partial charge on any atom is -0.481 e. The lowest BCUT2D eigenvalue weighted by Crippen LogP contribution is -2.49. The van der Waals surface area contributed by atoms with E-state index in [-0.39, 0.29) is 16.6 Å². The minimum atomic E-state index is -0.772. The van der Waals surface area contributed by atoms with Crippen molar-refractivity contribution in [2.45, 2.75) is 37.4 Å². The quantitative estimate of drug-likeness (QED) is 0.816. The van der Waals surface area contributed by atoms with Gasteiger partial charge in [-0.2, -0.15) is 0 Å². The predicted molar refractivity (Wildman–Crippen MR) is 67.0 cm³/mol. The Bertz CT molecular complexity index is 326. The van der Waals surface area contributed by atoms with Gasteiger partial charge in [-0.05, 0) is 38.4 Å². The number of carbonyl (C=O) groups is 2. The number of likely N-dealkylation sites (tertiary alicyclic amines) is 1. The summed E-state index contributed by atoms with van der Waals surface area (Å²) >= 11 is 1.72. The third-order valence-electron chi connectivity index (χ3n) is 3.73. The second-order valence-electron chi connectivity index (χ2n) is 5.11. The van der Waals surface area contributed by atoms with Crippen molar-refractivity contribution >= 4 is 23.6 Å². The Kier molecular flexibility index (Phi) is 3.66. The highest BCUT2D eigenvalue weighted by Gasteiger charge is 2.41. The first kappa shape index (κ1) is 12.7. The van der Waals surface area contributed by atoms with Crippen LogP contribution in [0.25, 0.3) is 0 Å². The number of thioether (sulfide) groups is 1. The fourth-order valence-electron chi connectivity index (χ4n) is 2.65. The Morgan fingerprint density at radius 3 is 2.76 bits per heavy atom. The largest absolute Gasteiger partial charge is 0.481 e. The molecule has 0 aromatic carbocycles. The van der Waals surface area contributed by atoms with Gasteiger partial charge in [0.2, 0.25) is 5.91 Å². The van der Waals surface area contributed by atoms with E-state index in [2.05, 4.69) is 0 Å². The number of nitrogens with zero attached hydrogens (tertiary/aromatic N) is 1. The van der Waals surface area contributed by atoms with E-state index in [9.17, 15) is 9.59 Å². The van der Waals surface area contributed by atoms with Gasteiger partial charge in [0.1, 0.15) is 0 Å². The van der Waals surface area contributed by atoms with Crippen LogP contribution in [0.1, 0.15) is 32.6 Å². The third kappa shape index (κ3) is 2.59. The van der Waals surface area contributed by atoms with Gasteiger partial charge in [-0.25, -0.2) is 0 Å². The zero-order valence-corrected chi connectivity index (χ0v) is 11.0. The van der Waals surface area contributed by atoms with Crippen LogP contribution >= 0.6 is 11.8 Å². The average molecular weight is 257 g/mol. The van der Waals surface area contributed by atoms with E-state index in [1.807, 2.05) is 6.92 Å². The van der Waals surface area contributed by atoms with E-state index in [1.54, 1.807) is 16.7 Å². The molecule has 0 aliphatic carbocycles. The van der Waals surface area contributed by atoms with Crippen LogP contribution in [0.5, 0.6) is 0 Å². The van der Waals surface area contributed by atoms with Crippen molar-refractivity contribution in [2.24, 2.45) is 5.92 Å². The monoisotopic (exact) mass is 257 g/mol. The standard InChI is InChI=1S/C12H19NO3S/c1-12(5-3-7-17-12)11(16)13-6-2-4-9(8-13)10(14)15/h9H,2-8H2,1H3,(H,14,15). The summed E-state index contributed by atoms with van der Waals surface area (Å²) in [6.07, 6.45) is 3.51. The van der Waals surface area contributed by atoms with Gasteiger partial charge in [-0.3, -0.25) is 9.59 Å². The van der Waals surface area contributed by atoms with Crippen molar-refractivity contribution in [3.05, 3.63) is 0 Å². The third-order valence-corrected chi connectivity index (χ3v) is 5.24. The molecule has 2 rings (SSSR count). The maximum Gasteiger partial charge on any atom is 0.308 e. The van der Waals surface area contributed by atoms with Gasteiger partial charge in [0.15, 0.2) is 0 Å². The molecule has 0 saturated carbocycles. The number of hydrogen-bond acceptors (Lipinski definition) is 3. The zero-order chi connectivity index (χ0) is 12.5. The van der Waals surface area contributed by atoms with Gasteiger partial charge < -0.3 is 10.0 Å². The molecule has 2 saturated heterocycles. The summed E-state index contributed by atoms with van der Waals surface area (Å²) in [5.41, 5.74) is 0. The van der Waals surface area contributed by atoms with E-state index in [0.717, 1.165) is 31.6 Å². The van der Waals surface area contributed by atoms with Crippen LogP contribution in [0.3, 0.4) is 0 Å². The fourth-order valence-corrected chi connectivity index (χ4v) is 3.93. The average Bonchev–Trinajstić information content (AvgIpc) is 2.76. The molecule has 96 valence electrons. The number of carboxylic acid groups (broad SMARTS) is 1. The summed E-state index contributed by atoms with van der Waals surface area (Å²) < 4.78 is -0.305. The molecule has 5 heteroatoms. The van der Waals surface area contributed by atoms with Crippen molar-refractivity contribution in [2.75, 3.05) is 18.8 Å². The highest BCUT2D eigenvalue weighted by atomic mass is 32.2. The first-order valence-corrected chi connectivity index (χ1v) is 7.18. The lowest BCUT2D eigenvalue weighted by atomic mass is 9.96. The van der Waals surface area contributed by atoms with Crippen LogP contribution in [-0.4, -0.2) is 45.5 Å². The predicted octanol–water partition coefficient (Wildman–Crippen LogP) is 1.60. The van der Waals surface area contributed by atoms with Crippen LogP contribution in [0.2, 0.25) is 0 Å². The van der Waals surface area contributed by atoms with Crippen molar-refractivity contribution in [3.63, 3.8) is 0 Å². The maximum absolute atomic E-state index is 12.4. The molecule has 0 spiro atoms. The first-order chi connectivity index (χ1) is 8.03. The molecule has 1 N–H and O–H groups in total. The summed E-state index contributed by atoms with van der Waals surface area (Å²) in [5.74, 6) is 0.0405. The van der Waals surface area contributed by atoms with Crippen molar-refractivity contribution < 1.29 is 14.7 Å². The molecule has 2 heterocycles. The van der Waals surface area contributed by atoms with Gasteiger partial charge in [-0.15, -0.1) is 11.8 Å². The van der Waals surface area contributed by atoms with Crippen LogP contribution in [0.4, 0.5) is 0 Å². The fraction of sp³-hybridized carbons (Fsp3) is 0.833. The van der Waals surface area contributed by atoms with Crippen LogP contribution in [-0.2, 0) is 9.59 Å². The normalized spacial score (nSPS) is 33.7. The molecule has 2 aliphatic heterocycles. The summed E-state index contributed by atoms with van der Waals surface area (Å²) in [5, 5.41) is 9.02. The topological polar surface area (TPSA) is 57.6 Å². The van der Waals surface area contributed by atoms with Crippen LogP contribution < -0.4 is 0 Å². The second kappa shape index (κ2) is 4.88. The van der Waals surface area contributed by atoms with E-state index >= 15 is 0 Å². The molecular weight excluding hydrogens is 238 g/mol. The number of piperidine rings is 1. The summed E-state index contributed by atoms with van der Waals surface area (Å²) in [6, 6.07) is 0. The van der Waals surface area contributed by atoms with E-state index in [1.165, 1.54) is 0 Å². The Labute approximate surface area is 106 Å². The second-order valence-corrected chi connectivity index (χ2v) is 6.71. The summed E-state index contributed by atoms with van der Waals surface area (Å²) in [4.78, 5) is 25.1. The highest BCUT2D eigenvalue weighted by Crippen LogP contribution is 2.39. The van der Waals surface area contributed by atoms with Gasteiger partial charge in [0.05, 0.1) is 10.7 Å². The van der Waals surface area contributed by atoms with Gasteiger partial charge >= 0.3 is 5.97 Å². The van der Waals surface area contributed by atoms with E-state index in [4.69, 9.17) is 5.11 Å². The maximum atomic E-state index is 12.4. The molecule has 4 nitrogen and oxygen atoms in total. The molecule has 2 atom stereocenters. The molecular formula is C12H19NO3S. The molecule has 0 bridgehead atoms. The number of carbonyl (C=O) groups excluding carboxylic acids is 1. The Morgan fingerprint density at radius 1 is 1.41 bits per heavy atom. The molecule has 0 aromatic heterocycles. The van der Waals surface area contributed by atoms with Gasteiger partial charge in [-0.1, -0.05) is 0 Å². The number of amides is 1.